The van der Waals surface area contributed by atoms with Gasteiger partial charge >= 0.3 is 5.97 Å². The van der Waals surface area contributed by atoms with Crippen LogP contribution in [0.5, 0.6) is 0 Å². The van der Waals surface area contributed by atoms with Crippen LogP contribution in [-0.2, 0) is 22.5 Å². The zero-order valence-electron chi connectivity index (χ0n) is 18.5. The van der Waals surface area contributed by atoms with Crippen LogP contribution in [-0.4, -0.2) is 58.3 Å². The summed E-state index contributed by atoms with van der Waals surface area (Å²) < 4.78 is 36.8. The third-order valence-electron chi connectivity index (χ3n) is 6.32. The number of carboxylic acids is 1. The lowest BCUT2D eigenvalue weighted by Gasteiger charge is -2.29. The van der Waals surface area contributed by atoms with E-state index in [0.29, 0.717) is 24.7 Å². The van der Waals surface area contributed by atoms with Crippen molar-refractivity contribution in [3.8, 4) is 0 Å². The number of aromatic nitrogens is 1. The molecule has 6 nitrogen and oxygen atoms in total. The average molecular weight is 486 g/mol. The van der Waals surface area contributed by atoms with Crippen LogP contribution in [0.15, 0.2) is 65.3 Å². The van der Waals surface area contributed by atoms with Crippen LogP contribution in [0.3, 0.4) is 0 Å². The number of carboxylic acid groups (broad SMARTS) is 1. The molecule has 178 valence electrons. The van der Waals surface area contributed by atoms with Crippen molar-refractivity contribution < 1.29 is 23.4 Å². The lowest BCUT2D eigenvalue weighted by atomic mass is 9.98. The third kappa shape index (κ3) is 4.30. The Bertz CT molecular complexity index is 1240. The van der Waals surface area contributed by atoms with Gasteiger partial charge in [-0.2, -0.15) is 0 Å². The second kappa shape index (κ2) is 9.38. The molecular formula is C25H25F2N3O3S. The standard InChI is InChI=1S/C25H25F2N3O3S/c1-2-3-15-10-19(26)25-24(23(15)27)28-21(34-25)11-16-13-30(14-22(31)32)20-5-4-17(12-18(16)20)29-6-8-33-9-7-29/h2,4-5,10,12-13,24-25H,1,3,6-9,11,14H2,(H,31,32). The molecule has 1 N–H and O–H groups in total. The number of nitrogens with zero attached hydrogens (tertiary/aromatic N) is 3. The van der Waals surface area contributed by atoms with Crippen LogP contribution in [0, 0.1) is 0 Å². The first-order chi connectivity index (χ1) is 16.4. The first-order valence-corrected chi connectivity index (χ1v) is 12.1. The van der Waals surface area contributed by atoms with Gasteiger partial charge in [0.1, 0.15) is 24.2 Å². The molecule has 1 aliphatic carbocycles. The topological polar surface area (TPSA) is 67.1 Å². The van der Waals surface area contributed by atoms with Crippen molar-refractivity contribution in [2.24, 2.45) is 4.99 Å². The molecule has 0 spiro atoms. The Morgan fingerprint density at radius 1 is 1.32 bits per heavy atom. The molecule has 34 heavy (non-hydrogen) atoms. The monoisotopic (exact) mass is 485 g/mol. The molecule has 1 aromatic carbocycles. The van der Waals surface area contributed by atoms with E-state index < -0.39 is 23.1 Å². The first kappa shape index (κ1) is 22.9. The Hall–Kier alpha value is -2.91. The summed E-state index contributed by atoms with van der Waals surface area (Å²) in [5.74, 6) is -1.72. The van der Waals surface area contributed by atoms with E-state index in [0.717, 1.165) is 35.2 Å². The van der Waals surface area contributed by atoms with E-state index in [9.17, 15) is 18.7 Å². The highest BCUT2D eigenvalue weighted by Gasteiger charge is 2.40. The molecule has 5 rings (SSSR count). The number of benzene rings is 1. The molecule has 0 amide bonds. The second-order valence-corrected chi connectivity index (χ2v) is 9.77. The highest BCUT2D eigenvalue weighted by Crippen LogP contribution is 2.43. The fourth-order valence-corrected chi connectivity index (χ4v) is 5.92. The molecule has 2 aliphatic heterocycles. The minimum Gasteiger partial charge on any atom is -0.480 e. The van der Waals surface area contributed by atoms with Crippen molar-refractivity contribution in [1.82, 2.24) is 4.57 Å². The van der Waals surface area contributed by atoms with Crippen LogP contribution in [0.1, 0.15) is 12.0 Å². The summed E-state index contributed by atoms with van der Waals surface area (Å²) in [6.07, 6.45) is 5.26. The maximum absolute atomic E-state index is 15.0. The predicted octanol–water partition coefficient (Wildman–Crippen LogP) is 4.65. The van der Waals surface area contributed by atoms with Gasteiger partial charge in [-0.1, -0.05) is 17.8 Å². The quantitative estimate of drug-likeness (QED) is 0.578. The molecule has 1 fully saturated rings. The van der Waals surface area contributed by atoms with E-state index in [2.05, 4.69) is 22.5 Å². The fourth-order valence-electron chi connectivity index (χ4n) is 4.73. The molecule has 3 heterocycles. The number of carbonyl (C=O) groups is 1. The summed E-state index contributed by atoms with van der Waals surface area (Å²) in [5, 5.41) is 10.2. The third-order valence-corrected chi connectivity index (χ3v) is 7.58. The van der Waals surface area contributed by atoms with E-state index in [-0.39, 0.29) is 24.4 Å². The van der Waals surface area contributed by atoms with Crippen LogP contribution in [0.25, 0.3) is 10.9 Å². The first-order valence-electron chi connectivity index (χ1n) is 11.2. The number of hydrogen-bond acceptors (Lipinski definition) is 5. The number of aliphatic carboxylic acids is 1. The normalized spacial score (nSPS) is 22.6. The number of ether oxygens (including phenoxy) is 1. The number of halogens is 2. The van der Waals surface area contributed by atoms with Gasteiger partial charge in [0, 0.05) is 42.3 Å². The van der Waals surface area contributed by atoms with Crippen molar-refractivity contribution in [3.05, 3.63) is 65.9 Å². The van der Waals surface area contributed by atoms with Gasteiger partial charge in [0.25, 0.3) is 0 Å². The molecule has 2 unspecified atom stereocenters. The van der Waals surface area contributed by atoms with E-state index in [1.807, 2.05) is 18.3 Å². The zero-order chi connectivity index (χ0) is 23.8. The fraction of sp³-hybridized carbons (Fsp3) is 0.360. The van der Waals surface area contributed by atoms with Gasteiger partial charge < -0.3 is 19.3 Å². The summed E-state index contributed by atoms with van der Waals surface area (Å²) in [6.45, 7) is 6.34. The zero-order valence-corrected chi connectivity index (χ0v) is 19.4. The summed E-state index contributed by atoms with van der Waals surface area (Å²) in [5.41, 5.74) is 3.02. The smallest absolute Gasteiger partial charge is 0.323 e. The highest BCUT2D eigenvalue weighted by atomic mass is 32.2. The lowest BCUT2D eigenvalue weighted by molar-refractivity contribution is -0.137. The minimum absolute atomic E-state index is 0.169. The van der Waals surface area contributed by atoms with Crippen LogP contribution < -0.4 is 4.90 Å². The van der Waals surface area contributed by atoms with Crippen molar-refractivity contribution in [3.63, 3.8) is 0 Å². The Morgan fingerprint density at radius 2 is 2.12 bits per heavy atom. The number of morpholine rings is 1. The van der Waals surface area contributed by atoms with E-state index >= 15 is 0 Å². The van der Waals surface area contributed by atoms with Gasteiger partial charge in [0.2, 0.25) is 0 Å². The van der Waals surface area contributed by atoms with Crippen LogP contribution >= 0.6 is 11.8 Å². The van der Waals surface area contributed by atoms with Crippen LogP contribution in [0.2, 0.25) is 0 Å². The van der Waals surface area contributed by atoms with Crippen molar-refractivity contribution in [2.75, 3.05) is 31.2 Å². The SMILES string of the molecule is C=CCC1=C(F)C2N=C(Cc3cn(CC(=O)O)c4ccc(N5CCOCC5)cc34)SC2C(F)=C1. The number of thioether (sulfide) groups is 1. The van der Waals surface area contributed by atoms with Gasteiger partial charge in [-0.3, -0.25) is 9.79 Å². The summed E-state index contributed by atoms with van der Waals surface area (Å²) >= 11 is 1.24. The highest BCUT2D eigenvalue weighted by molar-refractivity contribution is 8.15. The Kier molecular flexibility index (Phi) is 6.31. The number of allylic oxidation sites excluding steroid dienone is 3. The van der Waals surface area contributed by atoms with Crippen LogP contribution in [0.4, 0.5) is 14.5 Å². The predicted molar refractivity (Wildman–Crippen MR) is 131 cm³/mol. The second-order valence-electron chi connectivity index (χ2n) is 8.55. The molecule has 1 aromatic heterocycles. The summed E-state index contributed by atoms with van der Waals surface area (Å²) in [4.78, 5) is 18.2. The van der Waals surface area contributed by atoms with Gasteiger partial charge in [-0.05, 0) is 41.8 Å². The minimum atomic E-state index is -0.937. The number of fused-ring (bicyclic) bond motifs is 2. The average Bonchev–Trinajstić information content (AvgIpc) is 3.40. The van der Waals surface area contributed by atoms with Crippen molar-refractivity contribution in [2.45, 2.75) is 30.7 Å². The molecule has 9 heteroatoms. The summed E-state index contributed by atoms with van der Waals surface area (Å²) in [7, 11) is 0. The van der Waals surface area contributed by atoms with E-state index in [4.69, 9.17) is 4.74 Å². The molecule has 0 radical (unpaired) electrons. The number of anilines is 1. The number of rotatable bonds is 7. The lowest BCUT2D eigenvalue weighted by Crippen LogP contribution is -2.36. The maximum atomic E-state index is 15.0. The van der Waals surface area contributed by atoms with Crippen molar-refractivity contribution >= 4 is 39.4 Å². The Morgan fingerprint density at radius 3 is 2.85 bits per heavy atom. The molecule has 0 saturated carbocycles. The van der Waals surface area contributed by atoms with Gasteiger partial charge in [-0.25, -0.2) is 8.78 Å². The molecule has 2 atom stereocenters. The van der Waals surface area contributed by atoms with Gasteiger partial charge in [0.05, 0.1) is 23.5 Å². The van der Waals surface area contributed by atoms with Crippen molar-refractivity contribution in [1.29, 1.82) is 0 Å². The molecule has 1 saturated heterocycles. The summed E-state index contributed by atoms with van der Waals surface area (Å²) in [6, 6.07) is 5.12. The van der Waals surface area contributed by atoms with E-state index in [1.54, 1.807) is 10.6 Å². The number of aliphatic imine (C=N–C) groups is 1. The Labute approximate surface area is 200 Å². The molecule has 0 bridgehead atoms. The Balaban J connectivity index is 1.48. The molecule has 2 aromatic rings. The van der Waals surface area contributed by atoms with Gasteiger partial charge in [-0.15, -0.1) is 6.58 Å². The van der Waals surface area contributed by atoms with E-state index in [1.165, 1.54) is 17.8 Å². The molecule has 3 aliphatic rings. The van der Waals surface area contributed by atoms with Gasteiger partial charge in [0.15, 0.2) is 0 Å². The molecular weight excluding hydrogens is 460 g/mol. The largest absolute Gasteiger partial charge is 0.480 e. The maximum Gasteiger partial charge on any atom is 0.323 e. The number of hydrogen-bond donors (Lipinski definition) is 1.